The number of hydrogen-bond donors (Lipinski definition) is 1. The molecular formula is C21H20N2O3S2. The quantitative estimate of drug-likeness (QED) is 0.590. The van der Waals surface area contributed by atoms with Crippen LogP contribution in [-0.4, -0.2) is 30.6 Å². The van der Waals surface area contributed by atoms with Crippen LogP contribution in [0.25, 0.3) is 0 Å². The summed E-state index contributed by atoms with van der Waals surface area (Å²) >= 11 is 3.32. The molecule has 0 atom stereocenters. The number of ether oxygens (including phenoxy) is 2. The Hall–Kier alpha value is -2.51. The maximum absolute atomic E-state index is 12.4. The van der Waals surface area contributed by atoms with E-state index in [1.807, 2.05) is 48.0 Å². The van der Waals surface area contributed by atoms with Crippen molar-refractivity contribution < 1.29 is 14.3 Å². The van der Waals surface area contributed by atoms with Crippen LogP contribution in [-0.2, 0) is 12.2 Å². The van der Waals surface area contributed by atoms with Gasteiger partial charge >= 0.3 is 0 Å². The summed E-state index contributed by atoms with van der Waals surface area (Å²) in [6.45, 7) is 1.73. The summed E-state index contributed by atoms with van der Waals surface area (Å²) < 4.78 is 11.1. The van der Waals surface area contributed by atoms with Crippen molar-refractivity contribution in [2.45, 2.75) is 17.1 Å². The molecule has 0 radical (unpaired) electrons. The molecule has 4 rings (SSSR count). The van der Waals surface area contributed by atoms with Crippen LogP contribution in [0.4, 0.5) is 0 Å². The third-order valence-electron chi connectivity index (χ3n) is 4.29. The van der Waals surface area contributed by atoms with Gasteiger partial charge in [-0.25, -0.2) is 4.98 Å². The highest BCUT2D eigenvalue weighted by atomic mass is 32.2. The summed E-state index contributed by atoms with van der Waals surface area (Å²) in [4.78, 5) is 17.8. The Kier molecular flexibility index (Phi) is 6.14. The molecule has 0 fully saturated rings. The number of thioether (sulfide) groups is 1. The Labute approximate surface area is 172 Å². The van der Waals surface area contributed by atoms with Crippen molar-refractivity contribution in [3.05, 3.63) is 70.2 Å². The number of nitrogens with one attached hydrogen (secondary N) is 1. The first-order chi connectivity index (χ1) is 13.8. The fourth-order valence-corrected chi connectivity index (χ4v) is 4.30. The summed E-state index contributed by atoms with van der Waals surface area (Å²) in [6.07, 6.45) is 0.740. The highest BCUT2D eigenvalue weighted by Crippen LogP contribution is 2.30. The van der Waals surface area contributed by atoms with Crippen molar-refractivity contribution in [3.63, 3.8) is 0 Å². The first kappa shape index (κ1) is 18.8. The number of nitrogens with zero attached hydrogens (tertiary/aromatic N) is 1. The van der Waals surface area contributed by atoms with Gasteiger partial charge in [0, 0.05) is 28.1 Å². The number of hydrogen-bond acceptors (Lipinski definition) is 6. The molecule has 5 nitrogen and oxygen atoms in total. The zero-order chi connectivity index (χ0) is 19.2. The smallest absolute Gasteiger partial charge is 0.251 e. The number of carbonyl (C=O) groups excluding carboxylic acids is 1. The van der Waals surface area contributed by atoms with Crippen LogP contribution in [0, 0.1) is 0 Å². The van der Waals surface area contributed by atoms with E-state index in [1.54, 1.807) is 23.1 Å². The molecule has 0 aliphatic carbocycles. The van der Waals surface area contributed by atoms with Gasteiger partial charge in [0.25, 0.3) is 5.91 Å². The molecule has 3 aromatic rings. The fraction of sp³-hybridized carbons (Fsp3) is 0.238. The van der Waals surface area contributed by atoms with Gasteiger partial charge in [-0.05, 0) is 48.4 Å². The maximum Gasteiger partial charge on any atom is 0.251 e. The molecule has 7 heteroatoms. The van der Waals surface area contributed by atoms with E-state index in [2.05, 4.69) is 15.7 Å². The molecule has 144 valence electrons. The lowest BCUT2D eigenvalue weighted by Gasteiger charge is -2.18. The minimum Gasteiger partial charge on any atom is -0.486 e. The van der Waals surface area contributed by atoms with Gasteiger partial charge in [0.05, 0.1) is 11.2 Å². The summed E-state index contributed by atoms with van der Waals surface area (Å²) in [6, 6.07) is 13.6. The second-order valence-corrected chi connectivity index (χ2v) is 8.04. The van der Waals surface area contributed by atoms with Gasteiger partial charge < -0.3 is 14.8 Å². The number of fused-ring (bicyclic) bond motifs is 1. The van der Waals surface area contributed by atoms with E-state index in [4.69, 9.17) is 9.47 Å². The van der Waals surface area contributed by atoms with Gasteiger partial charge in [-0.15, -0.1) is 23.1 Å². The van der Waals surface area contributed by atoms with E-state index < -0.39 is 0 Å². The van der Waals surface area contributed by atoms with Crippen LogP contribution >= 0.6 is 23.1 Å². The third-order valence-corrected chi connectivity index (χ3v) is 5.97. The topological polar surface area (TPSA) is 60.5 Å². The average molecular weight is 413 g/mol. The van der Waals surface area contributed by atoms with Crippen molar-refractivity contribution in [1.82, 2.24) is 10.3 Å². The predicted molar refractivity (Wildman–Crippen MR) is 112 cm³/mol. The molecule has 1 aliphatic rings. The Bertz CT molecular complexity index is 927. The molecule has 0 saturated heterocycles. The Morgan fingerprint density at radius 1 is 1.11 bits per heavy atom. The summed E-state index contributed by atoms with van der Waals surface area (Å²) in [5.41, 5.74) is 4.70. The van der Waals surface area contributed by atoms with Crippen LogP contribution in [0.3, 0.4) is 0 Å². The number of benzene rings is 2. The van der Waals surface area contributed by atoms with Gasteiger partial charge in [0.2, 0.25) is 0 Å². The number of amides is 1. The molecule has 1 aromatic heterocycles. The lowest BCUT2D eigenvalue weighted by molar-refractivity contribution is 0.0954. The largest absolute Gasteiger partial charge is 0.486 e. The highest BCUT2D eigenvalue weighted by Gasteiger charge is 2.12. The molecule has 2 aromatic carbocycles. The molecule has 2 heterocycles. The standard InChI is InChI=1S/C21H20N2O3S2/c24-21(16-2-4-18(5-3-16)28-13-17-12-27-14-23-17)22-8-7-15-1-6-19-20(11-15)26-10-9-25-19/h1-6,11-12,14H,7-10,13H2,(H,22,24). The van der Waals surface area contributed by atoms with Gasteiger partial charge in [-0.2, -0.15) is 0 Å². The number of rotatable bonds is 7. The summed E-state index contributed by atoms with van der Waals surface area (Å²) in [5, 5.41) is 5.03. The first-order valence-corrected chi connectivity index (χ1v) is 11.0. The minimum absolute atomic E-state index is 0.0615. The van der Waals surface area contributed by atoms with Gasteiger partial charge in [-0.1, -0.05) is 6.07 Å². The van der Waals surface area contributed by atoms with Gasteiger partial charge in [0.1, 0.15) is 13.2 Å². The highest BCUT2D eigenvalue weighted by molar-refractivity contribution is 7.98. The molecule has 1 aliphatic heterocycles. The number of aromatic nitrogens is 1. The second-order valence-electron chi connectivity index (χ2n) is 6.28. The van der Waals surface area contributed by atoms with Crippen molar-refractivity contribution in [2.24, 2.45) is 0 Å². The lowest BCUT2D eigenvalue weighted by Crippen LogP contribution is -2.25. The molecule has 28 heavy (non-hydrogen) atoms. The second kappa shape index (κ2) is 9.12. The number of thiazole rings is 1. The zero-order valence-corrected chi connectivity index (χ0v) is 16.9. The third kappa shape index (κ3) is 4.85. The average Bonchev–Trinajstić information content (AvgIpc) is 3.26. The Morgan fingerprint density at radius 2 is 1.93 bits per heavy atom. The van der Waals surface area contributed by atoms with E-state index in [9.17, 15) is 4.79 Å². The molecule has 1 N–H and O–H groups in total. The fourth-order valence-electron chi connectivity index (χ4n) is 2.83. The van der Waals surface area contributed by atoms with Crippen LogP contribution in [0.15, 0.2) is 58.3 Å². The number of carbonyl (C=O) groups is 1. The van der Waals surface area contributed by atoms with E-state index in [0.717, 1.165) is 39.8 Å². The van der Waals surface area contributed by atoms with E-state index in [-0.39, 0.29) is 5.91 Å². The molecule has 0 spiro atoms. The lowest BCUT2D eigenvalue weighted by atomic mass is 10.1. The normalized spacial score (nSPS) is 12.6. The molecule has 0 bridgehead atoms. The minimum atomic E-state index is -0.0615. The zero-order valence-electron chi connectivity index (χ0n) is 15.2. The van der Waals surface area contributed by atoms with E-state index in [1.165, 1.54) is 0 Å². The predicted octanol–water partition coefficient (Wildman–Crippen LogP) is 4.18. The first-order valence-electron chi connectivity index (χ1n) is 9.04. The summed E-state index contributed by atoms with van der Waals surface area (Å²) in [7, 11) is 0. The monoisotopic (exact) mass is 412 g/mol. The van der Waals surface area contributed by atoms with E-state index >= 15 is 0 Å². The molecule has 1 amide bonds. The Balaban J connectivity index is 1.25. The molecular weight excluding hydrogens is 392 g/mol. The van der Waals surface area contributed by atoms with Crippen molar-refractivity contribution in [3.8, 4) is 11.5 Å². The van der Waals surface area contributed by atoms with Crippen molar-refractivity contribution in [1.29, 1.82) is 0 Å². The van der Waals surface area contributed by atoms with Crippen LogP contribution in [0.2, 0.25) is 0 Å². The van der Waals surface area contributed by atoms with Gasteiger partial charge in [0.15, 0.2) is 11.5 Å². The van der Waals surface area contributed by atoms with Gasteiger partial charge in [-0.3, -0.25) is 4.79 Å². The van der Waals surface area contributed by atoms with Crippen molar-refractivity contribution in [2.75, 3.05) is 19.8 Å². The van der Waals surface area contributed by atoms with Crippen molar-refractivity contribution >= 4 is 29.0 Å². The SMILES string of the molecule is O=C(NCCc1ccc2c(c1)OCCO2)c1ccc(SCc2cscn2)cc1. The van der Waals surface area contributed by atoms with Crippen LogP contribution < -0.4 is 14.8 Å². The van der Waals surface area contributed by atoms with E-state index in [0.29, 0.717) is 25.3 Å². The van der Waals surface area contributed by atoms with Crippen LogP contribution in [0.5, 0.6) is 11.5 Å². The van der Waals surface area contributed by atoms with Crippen LogP contribution in [0.1, 0.15) is 21.6 Å². The Morgan fingerprint density at radius 3 is 2.71 bits per heavy atom. The molecule has 0 unspecified atom stereocenters. The maximum atomic E-state index is 12.4. The summed E-state index contributed by atoms with van der Waals surface area (Å²) in [5.74, 6) is 2.34. The molecule has 0 saturated carbocycles.